The van der Waals surface area contributed by atoms with Crippen LogP contribution in [0, 0.1) is 11.8 Å². The second-order valence-electron chi connectivity index (χ2n) is 12.8. The van der Waals surface area contributed by atoms with Gasteiger partial charge in [-0.2, -0.15) is 13.2 Å². The minimum atomic E-state index is -4.87. The molecule has 2 aliphatic rings. The van der Waals surface area contributed by atoms with Gasteiger partial charge in [0.25, 0.3) is 0 Å². The maximum absolute atomic E-state index is 14.5. The number of hydrogen-bond acceptors (Lipinski definition) is 5. The third-order valence-electron chi connectivity index (χ3n) is 8.74. The van der Waals surface area contributed by atoms with E-state index in [-0.39, 0.29) is 35.9 Å². The van der Waals surface area contributed by atoms with Gasteiger partial charge in [-0.1, -0.05) is 104 Å². The predicted octanol–water partition coefficient (Wildman–Crippen LogP) is 7.62. The van der Waals surface area contributed by atoms with Gasteiger partial charge in [-0.25, -0.2) is 4.79 Å². The molecule has 2 N–H and O–H groups in total. The number of carbonyl (C=O) groups is 2. The van der Waals surface area contributed by atoms with E-state index in [9.17, 15) is 27.9 Å². The molecule has 1 aromatic rings. The lowest BCUT2D eigenvalue weighted by molar-refractivity contribution is -0.192. The first-order chi connectivity index (χ1) is 22.1. The van der Waals surface area contributed by atoms with Crippen molar-refractivity contribution in [3.8, 4) is 0 Å². The molecule has 0 radical (unpaired) electrons. The van der Waals surface area contributed by atoms with Crippen LogP contribution >= 0.6 is 0 Å². The fraction of sp³-hybridized carbons (Fsp3) is 0.474. The van der Waals surface area contributed by atoms with Gasteiger partial charge < -0.3 is 19.9 Å². The first kappa shape index (κ1) is 37.8. The number of benzene rings is 1. The summed E-state index contributed by atoms with van der Waals surface area (Å²) in [6.07, 6.45) is 12.3. The van der Waals surface area contributed by atoms with Gasteiger partial charge >= 0.3 is 12.1 Å². The normalized spacial score (nSPS) is 27.2. The molecule has 6 nitrogen and oxygen atoms in total. The molecule has 2 aliphatic heterocycles. The smallest absolute Gasteiger partial charge is 0.406 e. The number of hydrogen-bond donors (Lipinski definition) is 2. The molecule has 9 heteroatoms. The van der Waals surface area contributed by atoms with Gasteiger partial charge in [0.1, 0.15) is 6.10 Å². The molecule has 1 saturated heterocycles. The van der Waals surface area contributed by atoms with Crippen LogP contribution in [0.1, 0.15) is 66.4 Å². The number of rotatable bonds is 12. The van der Waals surface area contributed by atoms with E-state index >= 15 is 0 Å². The Labute approximate surface area is 276 Å². The van der Waals surface area contributed by atoms with Gasteiger partial charge in [0.05, 0.1) is 24.4 Å². The van der Waals surface area contributed by atoms with Crippen LogP contribution in [-0.2, 0) is 24.5 Å². The number of allylic oxidation sites excluding steroid dienone is 7. The van der Waals surface area contributed by atoms with Crippen molar-refractivity contribution in [3.05, 3.63) is 108 Å². The summed E-state index contributed by atoms with van der Waals surface area (Å²) in [5.74, 6) is -1.60. The number of esters is 1. The fourth-order valence-corrected chi connectivity index (χ4v) is 5.84. The number of nitrogens with one attached hydrogen (secondary N) is 1. The Morgan fingerprint density at radius 3 is 2.51 bits per heavy atom. The highest BCUT2D eigenvalue weighted by Crippen LogP contribution is 2.41. The Morgan fingerprint density at radius 1 is 1.17 bits per heavy atom. The molecule has 3 rings (SSSR count). The van der Waals surface area contributed by atoms with Crippen molar-refractivity contribution < 1.29 is 37.3 Å². The molecule has 0 saturated carbocycles. The highest BCUT2D eigenvalue weighted by molar-refractivity contribution is 5.89. The highest BCUT2D eigenvalue weighted by atomic mass is 19.4. The summed E-state index contributed by atoms with van der Waals surface area (Å²) in [7, 11) is 0. The summed E-state index contributed by atoms with van der Waals surface area (Å²) < 4.78 is 55.1. The molecule has 47 heavy (non-hydrogen) atoms. The minimum Gasteiger partial charge on any atom is -0.455 e. The van der Waals surface area contributed by atoms with Crippen molar-refractivity contribution in [2.75, 3.05) is 0 Å². The Kier molecular flexibility index (Phi) is 13.6. The maximum Gasteiger partial charge on any atom is 0.406 e. The average Bonchev–Trinajstić information content (AvgIpc) is 3.01. The Morgan fingerprint density at radius 2 is 1.87 bits per heavy atom. The molecule has 0 aromatic heterocycles. The van der Waals surface area contributed by atoms with E-state index in [1.165, 1.54) is 30.3 Å². The number of cyclic esters (lactones) is 1. The largest absolute Gasteiger partial charge is 0.455 e. The summed E-state index contributed by atoms with van der Waals surface area (Å²) in [5.41, 5.74) is -0.929. The SMILES string of the molecule is C/C=C/[C@@H]1O[C@H]([C@@H](/C=C/C=C(\C)C[C@@H](C)/C=C(C)\C=C\[C@H]2CC=CC(=O)O2)NC(=O)[C@@](C)(c2ccccc2)C(F)(F)F)C[C@@H](O)[C@@H]1C. The standard InChI is InChI=1S/C38H48F3NO5/c1-7-13-33-28(5)32(43)24-34(47-33)31(42-36(45)37(6,38(39,40)41)29-15-9-8-10-16-29)18-11-14-25(2)22-27(4)23-26(3)20-21-30-17-12-19-35(44)46-30/h7-16,18-21,23,27-28,30-34,43H,17,22,24H2,1-6H3,(H,42,45)/b13-7+,18-11+,21-20+,25-14+,26-23-/t27-,28+,30-,31-,32-,33+,34+,37-/m1/s1. The van der Waals surface area contributed by atoms with Crippen LogP contribution < -0.4 is 5.32 Å². The van der Waals surface area contributed by atoms with E-state index in [4.69, 9.17) is 9.47 Å². The number of carbonyl (C=O) groups excluding carboxylic acids is 2. The van der Waals surface area contributed by atoms with Crippen molar-refractivity contribution >= 4 is 11.9 Å². The third kappa shape index (κ3) is 10.4. The first-order valence-corrected chi connectivity index (χ1v) is 16.1. The molecule has 1 fully saturated rings. The zero-order valence-electron chi connectivity index (χ0n) is 28.0. The summed E-state index contributed by atoms with van der Waals surface area (Å²) in [6.45, 7) is 10.6. The van der Waals surface area contributed by atoms with E-state index < -0.39 is 41.9 Å². The summed E-state index contributed by atoms with van der Waals surface area (Å²) >= 11 is 0. The molecule has 0 spiro atoms. The molecule has 256 valence electrons. The Hall–Kier alpha value is -3.69. The number of ether oxygens (including phenoxy) is 2. The summed E-state index contributed by atoms with van der Waals surface area (Å²) in [4.78, 5) is 25.0. The average molecular weight is 656 g/mol. The van der Waals surface area contributed by atoms with E-state index in [1.54, 1.807) is 36.4 Å². The van der Waals surface area contributed by atoms with Crippen molar-refractivity contribution in [2.45, 2.75) is 103 Å². The highest BCUT2D eigenvalue weighted by Gasteiger charge is 2.58. The number of amides is 1. The maximum atomic E-state index is 14.5. The topological polar surface area (TPSA) is 84.9 Å². The Bertz CT molecular complexity index is 1390. The van der Waals surface area contributed by atoms with Crippen LogP contribution in [0.25, 0.3) is 0 Å². The Balaban J connectivity index is 1.81. The van der Waals surface area contributed by atoms with E-state index in [0.29, 0.717) is 12.8 Å². The summed E-state index contributed by atoms with van der Waals surface area (Å²) in [6, 6.07) is 6.19. The molecule has 8 atom stereocenters. The predicted molar refractivity (Wildman–Crippen MR) is 178 cm³/mol. The molecule has 0 bridgehead atoms. The monoisotopic (exact) mass is 655 g/mol. The minimum absolute atomic E-state index is 0.145. The van der Waals surface area contributed by atoms with Gasteiger partial charge in [-0.05, 0) is 51.7 Å². The lowest BCUT2D eigenvalue weighted by atomic mass is 9.80. The van der Waals surface area contributed by atoms with E-state index in [2.05, 4.69) is 18.3 Å². The third-order valence-corrected chi connectivity index (χ3v) is 8.74. The number of halogens is 3. The van der Waals surface area contributed by atoms with Crippen molar-refractivity contribution in [1.82, 2.24) is 5.32 Å². The molecular formula is C38H48F3NO5. The van der Waals surface area contributed by atoms with Gasteiger partial charge in [-0.15, -0.1) is 0 Å². The quantitative estimate of drug-likeness (QED) is 0.138. The number of aliphatic hydroxyl groups is 1. The first-order valence-electron chi connectivity index (χ1n) is 16.1. The second kappa shape index (κ2) is 16.9. The lowest BCUT2D eigenvalue weighted by Crippen LogP contribution is -2.58. The molecular weight excluding hydrogens is 607 g/mol. The molecule has 1 aromatic carbocycles. The second-order valence-corrected chi connectivity index (χ2v) is 12.8. The van der Waals surface area contributed by atoms with Gasteiger partial charge in [0.15, 0.2) is 5.41 Å². The van der Waals surface area contributed by atoms with Gasteiger partial charge in [0, 0.05) is 24.8 Å². The summed E-state index contributed by atoms with van der Waals surface area (Å²) in [5, 5.41) is 13.5. The van der Waals surface area contributed by atoms with Gasteiger partial charge in [0.2, 0.25) is 5.91 Å². The number of alkyl halides is 3. The zero-order valence-corrected chi connectivity index (χ0v) is 28.0. The molecule has 1 amide bonds. The molecule has 0 aliphatic carbocycles. The van der Waals surface area contributed by atoms with Crippen LogP contribution in [-0.4, -0.2) is 53.6 Å². The van der Waals surface area contributed by atoms with Crippen LogP contribution in [0.2, 0.25) is 0 Å². The van der Waals surface area contributed by atoms with Crippen LogP contribution in [0.5, 0.6) is 0 Å². The van der Waals surface area contributed by atoms with Crippen LogP contribution in [0.4, 0.5) is 13.2 Å². The van der Waals surface area contributed by atoms with Crippen molar-refractivity contribution in [1.29, 1.82) is 0 Å². The van der Waals surface area contributed by atoms with Crippen molar-refractivity contribution in [2.24, 2.45) is 11.8 Å². The zero-order chi connectivity index (χ0) is 34.8. The van der Waals surface area contributed by atoms with Crippen LogP contribution in [0.3, 0.4) is 0 Å². The molecule has 2 heterocycles. The van der Waals surface area contributed by atoms with E-state index in [1.807, 2.05) is 45.9 Å². The molecule has 0 unspecified atom stereocenters. The van der Waals surface area contributed by atoms with Crippen LogP contribution in [0.15, 0.2) is 102 Å². The van der Waals surface area contributed by atoms with Gasteiger partial charge in [-0.3, -0.25) is 4.79 Å². The lowest BCUT2D eigenvalue weighted by Gasteiger charge is -2.41. The fourth-order valence-electron chi connectivity index (χ4n) is 5.84. The van der Waals surface area contributed by atoms with E-state index in [0.717, 1.165) is 18.1 Å². The number of aliphatic hydroxyl groups excluding tert-OH is 1. The van der Waals surface area contributed by atoms with Crippen molar-refractivity contribution in [3.63, 3.8) is 0 Å².